The summed E-state index contributed by atoms with van der Waals surface area (Å²) in [5.74, 6) is 0.758. The first-order valence-corrected chi connectivity index (χ1v) is 8.97. The lowest BCUT2D eigenvalue weighted by Gasteiger charge is -2.47. The summed E-state index contributed by atoms with van der Waals surface area (Å²) in [4.78, 5) is 15.9. The zero-order valence-electron chi connectivity index (χ0n) is 14.4. The number of nitrogens with zero attached hydrogens (tertiary/aromatic N) is 5. The molecule has 4 heterocycles. The SMILES string of the molecule is Fc1ccc2nc(N3CC(N4CCN(c5ccccn5)CC4)C3)oc2c1. The Morgan fingerprint density at radius 3 is 2.62 bits per heavy atom. The molecule has 0 N–H and O–H groups in total. The molecule has 2 aliphatic rings. The molecule has 0 unspecified atom stereocenters. The van der Waals surface area contributed by atoms with Crippen molar-refractivity contribution >= 4 is 22.9 Å². The van der Waals surface area contributed by atoms with E-state index >= 15 is 0 Å². The Kier molecular flexibility index (Phi) is 3.74. The largest absolute Gasteiger partial charge is 0.423 e. The van der Waals surface area contributed by atoms with Crippen LogP contribution in [0.2, 0.25) is 0 Å². The number of pyridine rings is 1. The molecule has 0 spiro atoms. The van der Waals surface area contributed by atoms with Gasteiger partial charge in [-0.15, -0.1) is 0 Å². The first-order chi connectivity index (χ1) is 12.8. The highest BCUT2D eigenvalue weighted by Gasteiger charge is 2.35. The summed E-state index contributed by atoms with van der Waals surface area (Å²) in [7, 11) is 0. The predicted molar refractivity (Wildman–Crippen MR) is 98.0 cm³/mol. The second kappa shape index (κ2) is 6.25. The van der Waals surface area contributed by atoms with Crippen LogP contribution in [-0.2, 0) is 0 Å². The van der Waals surface area contributed by atoms with Gasteiger partial charge in [-0.3, -0.25) is 4.90 Å². The molecule has 0 aliphatic carbocycles. The Morgan fingerprint density at radius 1 is 1.00 bits per heavy atom. The number of rotatable bonds is 3. The fourth-order valence-corrected chi connectivity index (χ4v) is 3.72. The van der Waals surface area contributed by atoms with Gasteiger partial charge in [0.25, 0.3) is 6.01 Å². The number of anilines is 2. The van der Waals surface area contributed by atoms with E-state index < -0.39 is 0 Å². The van der Waals surface area contributed by atoms with Crippen LogP contribution < -0.4 is 9.80 Å². The average molecular weight is 353 g/mol. The van der Waals surface area contributed by atoms with Gasteiger partial charge < -0.3 is 14.2 Å². The van der Waals surface area contributed by atoms with E-state index in [0.29, 0.717) is 23.2 Å². The Labute approximate surface area is 150 Å². The van der Waals surface area contributed by atoms with Crippen molar-refractivity contribution in [3.63, 3.8) is 0 Å². The summed E-state index contributed by atoms with van der Waals surface area (Å²) in [5.41, 5.74) is 1.21. The van der Waals surface area contributed by atoms with Gasteiger partial charge >= 0.3 is 0 Å². The first kappa shape index (κ1) is 15.6. The topological polar surface area (TPSA) is 48.6 Å². The van der Waals surface area contributed by atoms with E-state index in [-0.39, 0.29) is 5.82 Å². The smallest absolute Gasteiger partial charge is 0.298 e. The molecule has 3 aromatic rings. The Morgan fingerprint density at radius 2 is 1.85 bits per heavy atom. The molecule has 134 valence electrons. The quantitative estimate of drug-likeness (QED) is 0.721. The van der Waals surface area contributed by atoms with Crippen molar-refractivity contribution in [2.24, 2.45) is 0 Å². The Hall–Kier alpha value is -2.67. The molecule has 2 aliphatic heterocycles. The molecule has 2 saturated heterocycles. The van der Waals surface area contributed by atoms with Gasteiger partial charge in [-0.25, -0.2) is 9.37 Å². The van der Waals surface area contributed by atoms with Crippen molar-refractivity contribution in [3.8, 4) is 0 Å². The van der Waals surface area contributed by atoms with Gasteiger partial charge in [0.05, 0.1) is 0 Å². The van der Waals surface area contributed by atoms with E-state index in [1.54, 1.807) is 6.07 Å². The molecule has 0 bridgehead atoms. The number of hydrogen-bond donors (Lipinski definition) is 0. The van der Waals surface area contributed by atoms with Crippen LogP contribution in [0.3, 0.4) is 0 Å². The fraction of sp³-hybridized carbons (Fsp3) is 0.368. The minimum atomic E-state index is -0.299. The minimum absolute atomic E-state index is 0.299. The number of fused-ring (bicyclic) bond motifs is 1. The van der Waals surface area contributed by atoms with Gasteiger partial charge in [0.1, 0.15) is 17.2 Å². The number of benzene rings is 1. The number of halogens is 1. The van der Waals surface area contributed by atoms with E-state index in [0.717, 1.165) is 45.1 Å². The molecule has 0 radical (unpaired) electrons. The summed E-state index contributed by atoms with van der Waals surface area (Å²) in [6.45, 7) is 5.87. The lowest BCUT2D eigenvalue weighted by atomic mass is 10.1. The molecule has 2 fully saturated rings. The van der Waals surface area contributed by atoms with Crippen LogP contribution in [0.1, 0.15) is 0 Å². The van der Waals surface area contributed by atoms with Gasteiger partial charge in [-0.2, -0.15) is 4.98 Å². The molecule has 0 atom stereocenters. The van der Waals surface area contributed by atoms with Crippen molar-refractivity contribution in [2.45, 2.75) is 6.04 Å². The molecular weight excluding hydrogens is 333 g/mol. The number of hydrogen-bond acceptors (Lipinski definition) is 6. The van der Waals surface area contributed by atoms with Gasteiger partial charge in [0.2, 0.25) is 0 Å². The van der Waals surface area contributed by atoms with Crippen LogP contribution in [0.25, 0.3) is 11.1 Å². The van der Waals surface area contributed by atoms with Crippen LogP contribution in [-0.4, -0.2) is 60.2 Å². The van der Waals surface area contributed by atoms with E-state index in [2.05, 4.69) is 30.7 Å². The van der Waals surface area contributed by atoms with Crippen LogP contribution in [0, 0.1) is 5.82 Å². The molecule has 7 heteroatoms. The van der Waals surface area contributed by atoms with E-state index in [1.807, 2.05) is 18.3 Å². The van der Waals surface area contributed by atoms with Crippen molar-refractivity contribution in [3.05, 3.63) is 48.4 Å². The first-order valence-electron chi connectivity index (χ1n) is 8.97. The fourth-order valence-electron chi connectivity index (χ4n) is 3.72. The Bertz CT molecular complexity index is 901. The van der Waals surface area contributed by atoms with E-state index in [1.165, 1.54) is 12.1 Å². The third-order valence-electron chi connectivity index (χ3n) is 5.28. The van der Waals surface area contributed by atoms with Crippen molar-refractivity contribution in [1.82, 2.24) is 14.9 Å². The molecule has 6 nitrogen and oxygen atoms in total. The second-order valence-corrected chi connectivity index (χ2v) is 6.88. The van der Waals surface area contributed by atoms with Crippen LogP contribution >= 0.6 is 0 Å². The lowest BCUT2D eigenvalue weighted by Crippen LogP contribution is -2.63. The highest BCUT2D eigenvalue weighted by Crippen LogP contribution is 2.28. The van der Waals surface area contributed by atoms with Crippen LogP contribution in [0.15, 0.2) is 47.0 Å². The zero-order valence-corrected chi connectivity index (χ0v) is 14.4. The normalized spacial score (nSPS) is 19.1. The van der Waals surface area contributed by atoms with Crippen molar-refractivity contribution in [2.75, 3.05) is 49.1 Å². The third kappa shape index (κ3) is 2.78. The number of aromatic nitrogens is 2. The number of piperazine rings is 1. The maximum Gasteiger partial charge on any atom is 0.298 e. The van der Waals surface area contributed by atoms with Crippen LogP contribution in [0.4, 0.5) is 16.2 Å². The van der Waals surface area contributed by atoms with Crippen LogP contribution in [0.5, 0.6) is 0 Å². The molecule has 26 heavy (non-hydrogen) atoms. The standard InChI is InChI=1S/C19H20FN5O/c20-14-4-5-16-17(11-14)26-19(22-16)25-12-15(13-25)23-7-9-24(10-8-23)18-3-1-2-6-21-18/h1-6,11,15H,7-10,12-13H2. The molecule has 2 aromatic heterocycles. The monoisotopic (exact) mass is 353 g/mol. The second-order valence-electron chi connectivity index (χ2n) is 6.88. The van der Waals surface area contributed by atoms with Gasteiger partial charge in [-0.05, 0) is 24.3 Å². The summed E-state index contributed by atoms with van der Waals surface area (Å²) < 4.78 is 19.0. The predicted octanol–water partition coefficient (Wildman–Crippen LogP) is 2.37. The minimum Gasteiger partial charge on any atom is -0.423 e. The molecule has 1 aromatic carbocycles. The van der Waals surface area contributed by atoms with Gasteiger partial charge in [0.15, 0.2) is 5.58 Å². The van der Waals surface area contributed by atoms with Gasteiger partial charge in [0, 0.05) is 57.6 Å². The average Bonchev–Trinajstić information content (AvgIpc) is 3.04. The summed E-state index contributed by atoms with van der Waals surface area (Å²) in [6.07, 6.45) is 1.84. The Balaban J connectivity index is 1.18. The third-order valence-corrected chi connectivity index (χ3v) is 5.28. The molecule has 0 saturated carbocycles. The molecule has 5 rings (SSSR count). The van der Waals surface area contributed by atoms with Crippen molar-refractivity contribution < 1.29 is 8.81 Å². The summed E-state index contributed by atoms with van der Waals surface area (Å²) >= 11 is 0. The highest BCUT2D eigenvalue weighted by molar-refractivity contribution is 5.74. The highest BCUT2D eigenvalue weighted by atomic mass is 19.1. The molecular formula is C19H20FN5O. The number of oxazole rings is 1. The van der Waals surface area contributed by atoms with Crippen molar-refractivity contribution in [1.29, 1.82) is 0 Å². The van der Waals surface area contributed by atoms with E-state index in [9.17, 15) is 4.39 Å². The summed E-state index contributed by atoms with van der Waals surface area (Å²) in [5, 5.41) is 0. The lowest BCUT2D eigenvalue weighted by molar-refractivity contribution is 0.153. The molecule has 0 amide bonds. The maximum atomic E-state index is 13.3. The summed E-state index contributed by atoms with van der Waals surface area (Å²) in [6, 6.07) is 11.6. The van der Waals surface area contributed by atoms with Gasteiger partial charge in [-0.1, -0.05) is 6.07 Å². The zero-order chi connectivity index (χ0) is 17.5. The van der Waals surface area contributed by atoms with E-state index in [4.69, 9.17) is 4.42 Å². The maximum absolute atomic E-state index is 13.3.